The first-order valence-corrected chi connectivity index (χ1v) is 11.9. The Balaban J connectivity index is 1.42. The molecule has 8 heteroatoms. The second kappa shape index (κ2) is 7.81. The maximum absolute atomic E-state index is 13.0. The summed E-state index contributed by atoms with van der Waals surface area (Å²) in [4.78, 5) is 7.66. The van der Waals surface area contributed by atoms with Gasteiger partial charge in [-0.05, 0) is 24.6 Å². The molecule has 1 fully saturated rings. The topological polar surface area (TPSA) is 53.5 Å². The van der Waals surface area contributed by atoms with Crippen molar-refractivity contribution in [3.8, 4) is 10.6 Å². The molecule has 142 valence electrons. The van der Waals surface area contributed by atoms with Crippen LogP contribution in [-0.2, 0) is 16.6 Å². The van der Waals surface area contributed by atoms with Crippen molar-refractivity contribution in [1.29, 1.82) is 0 Å². The summed E-state index contributed by atoms with van der Waals surface area (Å²) in [5.41, 5.74) is 2.12. The van der Waals surface area contributed by atoms with Crippen LogP contribution in [0.2, 0.25) is 0 Å². The summed E-state index contributed by atoms with van der Waals surface area (Å²) < 4.78 is 28.0. The zero-order valence-corrected chi connectivity index (χ0v) is 17.5. The molecule has 1 aromatic carbocycles. The molecular formula is C19H21N3O2S3. The first-order valence-electron chi connectivity index (χ1n) is 8.81. The summed E-state index contributed by atoms with van der Waals surface area (Å²) in [7, 11) is -3.44. The molecule has 0 saturated carbocycles. The van der Waals surface area contributed by atoms with Crippen LogP contribution in [0.25, 0.3) is 10.6 Å². The Morgan fingerprint density at radius 3 is 2.44 bits per heavy atom. The normalized spacial score (nSPS) is 16.6. The highest BCUT2D eigenvalue weighted by Crippen LogP contribution is 2.33. The molecule has 0 aliphatic carbocycles. The number of hydrogen-bond donors (Lipinski definition) is 0. The van der Waals surface area contributed by atoms with Gasteiger partial charge < -0.3 is 0 Å². The van der Waals surface area contributed by atoms with Gasteiger partial charge in [-0.25, -0.2) is 13.4 Å². The molecule has 3 heterocycles. The number of nitrogens with zero attached hydrogens (tertiary/aromatic N) is 3. The molecule has 27 heavy (non-hydrogen) atoms. The third-order valence-corrected chi connectivity index (χ3v) is 8.87. The summed E-state index contributed by atoms with van der Waals surface area (Å²) in [6, 6.07) is 13.9. The summed E-state index contributed by atoms with van der Waals surface area (Å²) in [6.45, 7) is 5.36. The third kappa shape index (κ3) is 4.14. The molecule has 4 rings (SSSR count). The van der Waals surface area contributed by atoms with Crippen molar-refractivity contribution in [2.45, 2.75) is 17.7 Å². The summed E-state index contributed by atoms with van der Waals surface area (Å²) in [5, 5.41) is 2.96. The minimum absolute atomic E-state index is 0.402. The molecule has 0 bridgehead atoms. The van der Waals surface area contributed by atoms with E-state index in [1.807, 2.05) is 36.6 Å². The van der Waals surface area contributed by atoms with Crippen LogP contribution >= 0.6 is 22.7 Å². The number of piperazine rings is 1. The SMILES string of the molecule is Cc1nc(-c2ccc(S(=O)(=O)N3CCN(Cc4ccccc4)CC3)s2)cs1. The van der Waals surface area contributed by atoms with Gasteiger partial charge >= 0.3 is 0 Å². The minimum Gasteiger partial charge on any atom is -0.296 e. The summed E-state index contributed by atoms with van der Waals surface area (Å²) >= 11 is 2.88. The highest BCUT2D eigenvalue weighted by molar-refractivity contribution is 7.91. The van der Waals surface area contributed by atoms with E-state index < -0.39 is 10.0 Å². The second-order valence-corrected chi connectivity index (χ2v) is 10.8. The van der Waals surface area contributed by atoms with E-state index in [-0.39, 0.29) is 0 Å². The Labute approximate surface area is 168 Å². The molecule has 0 N–H and O–H groups in total. The van der Waals surface area contributed by atoms with Crippen LogP contribution in [0.1, 0.15) is 10.6 Å². The van der Waals surface area contributed by atoms with Gasteiger partial charge in [0.15, 0.2) is 0 Å². The lowest BCUT2D eigenvalue weighted by atomic mass is 10.2. The van der Waals surface area contributed by atoms with E-state index in [0.29, 0.717) is 17.3 Å². The fraction of sp³-hybridized carbons (Fsp3) is 0.316. The lowest BCUT2D eigenvalue weighted by Crippen LogP contribution is -2.48. The number of aromatic nitrogens is 1. The zero-order valence-electron chi connectivity index (χ0n) is 15.0. The van der Waals surface area contributed by atoms with Crippen molar-refractivity contribution >= 4 is 32.7 Å². The number of thiazole rings is 1. The molecule has 1 aliphatic rings. The van der Waals surface area contributed by atoms with Crippen molar-refractivity contribution in [2.24, 2.45) is 0 Å². The molecule has 5 nitrogen and oxygen atoms in total. The van der Waals surface area contributed by atoms with E-state index in [0.717, 1.165) is 35.2 Å². The van der Waals surface area contributed by atoms with Crippen LogP contribution in [0, 0.1) is 6.92 Å². The number of aryl methyl sites for hydroxylation is 1. The molecule has 0 unspecified atom stereocenters. The molecule has 0 atom stereocenters. The van der Waals surface area contributed by atoms with E-state index in [2.05, 4.69) is 22.0 Å². The minimum atomic E-state index is -3.44. The second-order valence-electron chi connectivity index (χ2n) is 6.54. The average Bonchev–Trinajstić information content (AvgIpc) is 3.32. The van der Waals surface area contributed by atoms with E-state index in [4.69, 9.17) is 0 Å². The van der Waals surface area contributed by atoms with Gasteiger partial charge in [0.2, 0.25) is 0 Å². The van der Waals surface area contributed by atoms with Crippen molar-refractivity contribution in [3.63, 3.8) is 0 Å². The van der Waals surface area contributed by atoms with Gasteiger partial charge in [0.25, 0.3) is 10.0 Å². The lowest BCUT2D eigenvalue weighted by Gasteiger charge is -2.33. The molecule has 0 spiro atoms. The van der Waals surface area contributed by atoms with Crippen LogP contribution in [0.15, 0.2) is 52.1 Å². The Morgan fingerprint density at radius 2 is 1.78 bits per heavy atom. The number of benzene rings is 1. The van der Waals surface area contributed by atoms with Gasteiger partial charge in [-0.1, -0.05) is 30.3 Å². The lowest BCUT2D eigenvalue weighted by molar-refractivity contribution is 0.182. The highest BCUT2D eigenvalue weighted by atomic mass is 32.2. The van der Waals surface area contributed by atoms with Crippen molar-refractivity contribution in [2.75, 3.05) is 26.2 Å². The van der Waals surface area contributed by atoms with Gasteiger partial charge in [-0.3, -0.25) is 4.90 Å². The molecule has 0 radical (unpaired) electrons. The summed E-state index contributed by atoms with van der Waals surface area (Å²) in [6.07, 6.45) is 0. The average molecular weight is 420 g/mol. The molecule has 3 aromatic rings. The van der Waals surface area contributed by atoms with Gasteiger partial charge in [0.1, 0.15) is 4.21 Å². The maximum atomic E-state index is 13.0. The van der Waals surface area contributed by atoms with Gasteiger partial charge in [-0.2, -0.15) is 4.31 Å². The maximum Gasteiger partial charge on any atom is 0.252 e. The standard InChI is InChI=1S/C19H21N3O2S3/c1-15-20-17(14-25-15)18-7-8-19(26-18)27(23,24)22-11-9-21(10-12-22)13-16-5-3-2-4-6-16/h2-8,14H,9-13H2,1H3. The number of thiophene rings is 1. The van der Waals surface area contributed by atoms with E-state index in [1.165, 1.54) is 16.9 Å². The summed E-state index contributed by atoms with van der Waals surface area (Å²) in [5.74, 6) is 0. The predicted molar refractivity (Wildman–Crippen MR) is 111 cm³/mol. The van der Waals surface area contributed by atoms with E-state index in [1.54, 1.807) is 21.7 Å². The van der Waals surface area contributed by atoms with Crippen LogP contribution in [-0.4, -0.2) is 48.8 Å². The highest BCUT2D eigenvalue weighted by Gasteiger charge is 2.30. The van der Waals surface area contributed by atoms with Crippen LogP contribution in [0.5, 0.6) is 0 Å². The molecule has 1 aliphatic heterocycles. The van der Waals surface area contributed by atoms with Crippen molar-refractivity contribution in [1.82, 2.24) is 14.2 Å². The predicted octanol–water partition coefficient (Wildman–Crippen LogP) is 3.69. The van der Waals surface area contributed by atoms with Gasteiger partial charge in [-0.15, -0.1) is 22.7 Å². The van der Waals surface area contributed by atoms with Crippen LogP contribution < -0.4 is 0 Å². The fourth-order valence-corrected chi connectivity index (χ4v) is 6.70. The van der Waals surface area contributed by atoms with Gasteiger partial charge in [0.05, 0.1) is 15.6 Å². The monoisotopic (exact) mass is 419 g/mol. The first kappa shape index (κ1) is 18.8. The first-order chi connectivity index (χ1) is 13.0. The Hall–Kier alpha value is -1.58. The number of hydrogen-bond acceptors (Lipinski definition) is 6. The fourth-order valence-electron chi connectivity index (χ4n) is 3.17. The molecule has 2 aromatic heterocycles. The molecular weight excluding hydrogens is 398 g/mol. The quantitative estimate of drug-likeness (QED) is 0.633. The molecule has 1 saturated heterocycles. The Kier molecular flexibility index (Phi) is 5.43. The van der Waals surface area contributed by atoms with Crippen LogP contribution in [0.4, 0.5) is 0 Å². The Bertz CT molecular complexity index is 1000. The van der Waals surface area contributed by atoms with E-state index in [9.17, 15) is 8.42 Å². The number of rotatable bonds is 5. The zero-order chi connectivity index (χ0) is 18.9. The Morgan fingerprint density at radius 1 is 1.04 bits per heavy atom. The van der Waals surface area contributed by atoms with Crippen molar-refractivity contribution < 1.29 is 8.42 Å². The van der Waals surface area contributed by atoms with Gasteiger partial charge in [0, 0.05) is 38.1 Å². The van der Waals surface area contributed by atoms with Crippen molar-refractivity contribution in [3.05, 3.63) is 58.4 Å². The third-order valence-electron chi connectivity index (χ3n) is 4.63. The molecule has 0 amide bonds. The number of sulfonamides is 1. The largest absolute Gasteiger partial charge is 0.296 e. The smallest absolute Gasteiger partial charge is 0.252 e. The van der Waals surface area contributed by atoms with Crippen LogP contribution in [0.3, 0.4) is 0 Å². The van der Waals surface area contributed by atoms with E-state index >= 15 is 0 Å².